The summed E-state index contributed by atoms with van der Waals surface area (Å²) in [5, 5.41) is 2.66. The third-order valence-corrected chi connectivity index (χ3v) is 7.26. The van der Waals surface area contributed by atoms with Gasteiger partial charge in [-0.1, -0.05) is 20.8 Å². The maximum atomic E-state index is 11.8. The number of ether oxygens (including phenoxy) is 1. The van der Waals surface area contributed by atoms with Crippen molar-refractivity contribution in [2.75, 3.05) is 20.3 Å². The molecule has 1 N–H and O–H groups in total. The molecule has 0 aliphatic carbocycles. The first-order valence-electron chi connectivity index (χ1n) is 11.1. The Balaban J connectivity index is 1.65. The molecule has 1 aromatic carbocycles. The van der Waals surface area contributed by atoms with Gasteiger partial charge in [0.15, 0.2) is 0 Å². The number of amides is 1. The van der Waals surface area contributed by atoms with Gasteiger partial charge in [0.05, 0.1) is 16.6 Å². The molecule has 3 heterocycles. The number of imidazole rings is 1. The van der Waals surface area contributed by atoms with E-state index in [0.717, 1.165) is 49.4 Å². The molecule has 1 fully saturated rings. The van der Waals surface area contributed by atoms with Crippen molar-refractivity contribution >= 4 is 28.9 Å². The average molecular weight is 441 g/mol. The average Bonchev–Trinajstić information content (AvgIpc) is 3.39. The standard InChI is InChI=1S/C24H32N4O2S/c1-5-24(2,3)23-26-20-14-19(31-27-11-8-18(16-27)22(29)25-4)6-7-21(20)28(23)15-17-9-12-30-13-10-17/h6-8,11,14,16-17H,5,9-10,12-13,15H2,1-4H3,(H,25,29). The van der Waals surface area contributed by atoms with Crippen LogP contribution in [0, 0.1) is 5.92 Å². The van der Waals surface area contributed by atoms with Crippen molar-refractivity contribution in [2.24, 2.45) is 5.92 Å². The number of hydrogen-bond donors (Lipinski definition) is 1. The van der Waals surface area contributed by atoms with Crippen LogP contribution >= 0.6 is 11.9 Å². The van der Waals surface area contributed by atoms with Gasteiger partial charge in [-0.25, -0.2) is 4.98 Å². The Morgan fingerprint density at radius 3 is 2.77 bits per heavy atom. The first-order valence-corrected chi connectivity index (χ1v) is 11.9. The molecule has 1 amide bonds. The Morgan fingerprint density at radius 1 is 1.29 bits per heavy atom. The molecule has 166 valence electrons. The summed E-state index contributed by atoms with van der Waals surface area (Å²) in [6.07, 6.45) is 7.02. The minimum atomic E-state index is -0.0758. The van der Waals surface area contributed by atoms with Crippen molar-refractivity contribution in [3.63, 3.8) is 0 Å². The molecule has 0 unspecified atom stereocenters. The number of nitrogens with zero attached hydrogens (tertiary/aromatic N) is 3. The number of carbonyl (C=O) groups excluding carboxylic acids is 1. The lowest BCUT2D eigenvalue weighted by Gasteiger charge is -2.28. The Bertz CT molecular complexity index is 1060. The molecule has 6 nitrogen and oxygen atoms in total. The molecule has 31 heavy (non-hydrogen) atoms. The van der Waals surface area contributed by atoms with Gasteiger partial charge >= 0.3 is 0 Å². The number of fused-ring (bicyclic) bond motifs is 1. The van der Waals surface area contributed by atoms with Gasteiger partial charge in [0, 0.05) is 49.5 Å². The second-order valence-corrected chi connectivity index (χ2v) is 10.00. The quantitative estimate of drug-likeness (QED) is 0.570. The van der Waals surface area contributed by atoms with Gasteiger partial charge in [0.1, 0.15) is 5.82 Å². The highest BCUT2D eigenvalue weighted by molar-refractivity contribution is 7.97. The third kappa shape index (κ3) is 4.67. The van der Waals surface area contributed by atoms with Crippen LogP contribution in [0.5, 0.6) is 0 Å². The number of benzene rings is 1. The number of aromatic nitrogens is 3. The van der Waals surface area contributed by atoms with Gasteiger partial charge in [-0.05, 0) is 61.4 Å². The molecular formula is C24H32N4O2S. The summed E-state index contributed by atoms with van der Waals surface area (Å²) in [7, 11) is 1.65. The monoisotopic (exact) mass is 440 g/mol. The molecule has 1 aliphatic heterocycles. The van der Waals surface area contributed by atoms with E-state index in [1.165, 1.54) is 11.3 Å². The van der Waals surface area contributed by atoms with Crippen molar-refractivity contribution in [3.05, 3.63) is 48.0 Å². The second kappa shape index (κ2) is 9.09. The third-order valence-electron chi connectivity index (χ3n) is 6.36. The van der Waals surface area contributed by atoms with Crippen LogP contribution in [0.15, 0.2) is 41.6 Å². The van der Waals surface area contributed by atoms with Crippen molar-refractivity contribution < 1.29 is 9.53 Å². The molecule has 0 spiro atoms. The summed E-state index contributed by atoms with van der Waals surface area (Å²) < 4.78 is 9.97. The van der Waals surface area contributed by atoms with Gasteiger partial charge in [0.2, 0.25) is 0 Å². The number of nitrogens with one attached hydrogen (secondary N) is 1. The van der Waals surface area contributed by atoms with E-state index in [1.807, 2.05) is 22.4 Å². The van der Waals surface area contributed by atoms with Crippen LogP contribution in [0.4, 0.5) is 0 Å². The zero-order valence-electron chi connectivity index (χ0n) is 18.9. The van der Waals surface area contributed by atoms with Crippen LogP contribution in [0.1, 0.15) is 56.2 Å². The fraction of sp³-hybridized carbons (Fsp3) is 0.500. The lowest BCUT2D eigenvalue weighted by Crippen LogP contribution is -2.26. The molecule has 0 atom stereocenters. The Labute approximate surface area is 188 Å². The molecule has 1 saturated heterocycles. The zero-order valence-corrected chi connectivity index (χ0v) is 19.7. The normalized spacial score (nSPS) is 15.5. The summed E-state index contributed by atoms with van der Waals surface area (Å²) in [6.45, 7) is 9.52. The van der Waals surface area contributed by atoms with E-state index in [2.05, 4.69) is 48.9 Å². The molecule has 4 rings (SSSR count). The van der Waals surface area contributed by atoms with Crippen LogP contribution in [-0.2, 0) is 16.7 Å². The molecule has 7 heteroatoms. The summed E-state index contributed by atoms with van der Waals surface area (Å²) in [6, 6.07) is 8.34. The smallest absolute Gasteiger partial charge is 0.252 e. The summed E-state index contributed by atoms with van der Waals surface area (Å²) in [4.78, 5) is 18.0. The maximum absolute atomic E-state index is 11.8. The van der Waals surface area contributed by atoms with E-state index in [1.54, 1.807) is 19.0 Å². The van der Waals surface area contributed by atoms with Gasteiger partial charge in [-0.15, -0.1) is 0 Å². The van der Waals surface area contributed by atoms with Crippen LogP contribution in [0.3, 0.4) is 0 Å². The van der Waals surface area contributed by atoms with Crippen molar-refractivity contribution in [1.82, 2.24) is 18.8 Å². The topological polar surface area (TPSA) is 61.1 Å². The highest BCUT2D eigenvalue weighted by Crippen LogP contribution is 2.33. The molecule has 2 aromatic heterocycles. The predicted molar refractivity (Wildman–Crippen MR) is 126 cm³/mol. The highest BCUT2D eigenvalue weighted by Gasteiger charge is 2.28. The lowest BCUT2D eigenvalue weighted by molar-refractivity contribution is 0.0610. The van der Waals surface area contributed by atoms with Gasteiger partial charge in [-0.2, -0.15) is 0 Å². The van der Waals surface area contributed by atoms with Crippen LogP contribution in [0.2, 0.25) is 0 Å². The van der Waals surface area contributed by atoms with E-state index in [0.29, 0.717) is 11.5 Å². The largest absolute Gasteiger partial charge is 0.381 e. The molecule has 0 radical (unpaired) electrons. The number of rotatable bonds is 7. The Morgan fingerprint density at radius 2 is 2.06 bits per heavy atom. The number of hydrogen-bond acceptors (Lipinski definition) is 4. The summed E-state index contributed by atoms with van der Waals surface area (Å²) >= 11 is 1.59. The number of carbonyl (C=O) groups is 1. The molecule has 1 aliphatic rings. The molecule has 3 aromatic rings. The van der Waals surface area contributed by atoms with E-state index in [9.17, 15) is 4.79 Å². The van der Waals surface area contributed by atoms with Gasteiger partial charge < -0.3 is 14.6 Å². The zero-order chi connectivity index (χ0) is 22.0. The maximum Gasteiger partial charge on any atom is 0.252 e. The fourth-order valence-electron chi connectivity index (χ4n) is 4.05. The Hall–Kier alpha value is -2.25. The highest BCUT2D eigenvalue weighted by atomic mass is 32.2. The van der Waals surface area contributed by atoms with E-state index in [-0.39, 0.29) is 11.3 Å². The van der Waals surface area contributed by atoms with E-state index >= 15 is 0 Å². The van der Waals surface area contributed by atoms with E-state index < -0.39 is 0 Å². The molecule has 0 bridgehead atoms. The van der Waals surface area contributed by atoms with Gasteiger partial charge in [0.25, 0.3) is 5.91 Å². The lowest BCUT2D eigenvalue weighted by atomic mass is 9.89. The van der Waals surface area contributed by atoms with Crippen LogP contribution < -0.4 is 5.32 Å². The van der Waals surface area contributed by atoms with E-state index in [4.69, 9.17) is 9.72 Å². The molecule has 0 saturated carbocycles. The summed E-state index contributed by atoms with van der Waals surface area (Å²) in [5.74, 6) is 1.73. The minimum Gasteiger partial charge on any atom is -0.381 e. The predicted octanol–water partition coefficient (Wildman–Crippen LogP) is 4.87. The Kier molecular flexibility index (Phi) is 6.44. The van der Waals surface area contributed by atoms with Crippen molar-refractivity contribution in [2.45, 2.75) is 56.9 Å². The second-order valence-electron chi connectivity index (χ2n) is 8.92. The van der Waals surface area contributed by atoms with Gasteiger partial charge in [-0.3, -0.25) is 8.77 Å². The van der Waals surface area contributed by atoms with Crippen LogP contribution in [-0.4, -0.2) is 39.7 Å². The molecular weight excluding hydrogens is 408 g/mol. The first kappa shape index (κ1) is 22.0. The summed E-state index contributed by atoms with van der Waals surface area (Å²) in [5.41, 5.74) is 2.90. The van der Waals surface area contributed by atoms with Crippen molar-refractivity contribution in [1.29, 1.82) is 0 Å². The van der Waals surface area contributed by atoms with Crippen LogP contribution in [0.25, 0.3) is 11.0 Å². The fourth-order valence-corrected chi connectivity index (χ4v) is 4.87. The van der Waals surface area contributed by atoms with Crippen molar-refractivity contribution in [3.8, 4) is 0 Å². The first-order chi connectivity index (χ1) is 14.9. The SMILES string of the molecule is CCC(C)(C)c1nc2cc(Sn3ccc(C(=O)NC)c3)ccc2n1CC1CCOCC1. The minimum absolute atomic E-state index is 0.0142.